The van der Waals surface area contributed by atoms with E-state index in [0.29, 0.717) is 0 Å². The van der Waals surface area contributed by atoms with Gasteiger partial charge in [-0.25, -0.2) is 0 Å². The molecule has 1 aliphatic heterocycles. The number of nitrogens with zero attached hydrogens (tertiary/aromatic N) is 2. The Morgan fingerprint density at radius 1 is 1.17 bits per heavy atom. The molecule has 1 aromatic heterocycles. The van der Waals surface area contributed by atoms with Gasteiger partial charge in [0, 0.05) is 11.1 Å². The fraction of sp³-hybridized carbons (Fsp3) is 0.333. The zero-order valence-electron chi connectivity index (χ0n) is 10.0. The lowest BCUT2D eigenvalue weighted by molar-refractivity contribution is 0.0704. The van der Waals surface area contributed by atoms with E-state index in [-0.39, 0.29) is 5.60 Å². The van der Waals surface area contributed by atoms with Gasteiger partial charge in [-0.1, -0.05) is 12.1 Å². The molecule has 0 N–H and O–H groups in total. The molecular weight excluding hydrogens is 224 g/mol. The lowest BCUT2D eigenvalue weighted by Crippen LogP contribution is -2.33. The molecule has 1 fully saturated rings. The Morgan fingerprint density at radius 3 is 2.89 bits per heavy atom. The summed E-state index contributed by atoms with van der Waals surface area (Å²) in [6, 6.07) is 10.0. The van der Waals surface area contributed by atoms with Gasteiger partial charge >= 0.3 is 0 Å². The Kier molecular flexibility index (Phi) is 1.98. The zero-order chi connectivity index (χ0) is 12.0. The first-order chi connectivity index (χ1) is 8.89. The maximum absolute atomic E-state index is 6.32. The van der Waals surface area contributed by atoms with E-state index in [0.717, 1.165) is 35.4 Å². The predicted molar refractivity (Wildman–Crippen MR) is 67.1 cm³/mol. The van der Waals surface area contributed by atoms with Crippen LogP contribution in [-0.2, 0) is 5.60 Å². The van der Waals surface area contributed by atoms with Gasteiger partial charge in [0.05, 0.1) is 0 Å². The first kappa shape index (κ1) is 10.1. The number of fused-ring (bicyclic) bond motifs is 4. The molecule has 3 heteroatoms. The summed E-state index contributed by atoms with van der Waals surface area (Å²) in [7, 11) is 0. The molecule has 1 spiro atoms. The molecule has 1 aliphatic carbocycles. The maximum Gasteiger partial charge on any atom is 0.136 e. The largest absolute Gasteiger partial charge is 0.482 e. The van der Waals surface area contributed by atoms with Gasteiger partial charge in [-0.2, -0.15) is 0 Å². The van der Waals surface area contributed by atoms with Crippen molar-refractivity contribution in [3.63, 3.8) is 0 Å². The van der Waals surface area contributed by atoms with Crippen molar-refractivity contribution >= 4 is 0 Å². The first-order valence-corrected chi connectivity index (χ1v) is 6.42. The lowest BCUT2D eigenvalue weighted by Gasteiger charge is -2.36. The Bertz CT molecular complexity index is 603. The Hall–Kier alpha value is -1.90. The molecule has 1 saturated carbocycles. The molecule has 89 valence electrons. The number of hydrogen-bond acceptors (Lipinski definition) is 3. The molecule has 1 radical (unpaired) electrons. The van der Waals surface area contributed by atoms with Crippen LogP contribution < -0.4 is 4.74 Å². The second-order valence-corrected chi connectivity index (χ2v) is 5.04. The van der Waals surface area contributed by atoms with Crippen LogP contribution in [0.2, 0.25) is 0 Å². The van der Waals surface area contributed by atoms with Crippen LogP contribution in [0.15, 0.2) is 30.3 Å². The normalized spacial score (nSPS) is 19.1. The molecule has 0 amide bonds. The van der Waals surface area contributed by atoms with E-state index in [1.807, 2.05) is 30.3 Å². The van der Waals surface area contributed by atoms with Crippen LogP contribution in [0, 0.1) is 6.20 Å². The molecule has 1 aromatic carbocycles. The highest BCUT2D eigenvalue weighted by Gasteiger charge is 2.43. The average molecular weight is 237 g/mol. The number of para-hydroxylation sites is 1. The smallest absolute Gasteiger partial charge is 0.136 e. The summed E-state index contributed by atoms with van der Waals surface area (Å²) in [5.41, 5.74) is 2.99. The van der Waals surface area contributed by atoms with Gasteiger partial charge in [-0.05, 0) is 43.9 Å². The molecule has 0 saturated heterocycles. The number of benzene rings is 1. The molecule has 0 bridgehead atoms. The zero-order valence-corrected chi connectivity index (χ0v) is 10.0. The van der Waals surface area contributed by atoms with E-state index >= 15 is 0 Å². The van der Waals surface area contributed by atoms with E-state index in [9.17, 15) is 0 Å². The molecule has 0 atom stereocenters. The highest BCUT2D eigenvalue weighted by atomic mass is 16.5. The summed E-state index contributed by atoms with van der Waals surface area (Å²) in [6.07, 6.45) is 7.41. The van der Waals surface area contributed by atoms with Gasteiger partial charge in [0.1, 0.15) is 23.2 Å². The highest BCUT2D eigenvalue weighted by Crippen LogP contribution is 2.50. The van der Waals surface area contributed by atoms with Crippen molar-refractivity contribution in [3.8, 4) is 17.0 Å². The van der Waals surface area contributed by atoms with Gasteiger partial charge in [-0.3, -0.25) is 0 Å². The predicted octanol–water partition coefficient (Wildman–Crippen LogP) is 3.11. The number of rotatable bonds is 0. The second-order valence-electron chi connectivity index (χ2n) is 5.04. The van der Waals surface area contributed by atoms with Crippen LogP contribution in [0.4, 0.5) is 0 Å². The van der Waals surface area contributed by atoms with Crippen LogP contribution in [0.25, 0.3) is 11.3 Å². The molecule has 2 heterocycles. The topological polar surface area (TPSA) is 35.0 Å². The van der Waals surface area contributed by atoms with Gasteiger partial charge < -0.3 is 4.74 Å². The number of ether oxygens (including phenoxy) is 1. The van der Waals surface area contributed by atoms with E-state index in [4.69, 9.17) is 4.74 Å². The fourth-order valence-electron chi connectivity index (χ4n) is 3.18. The minimum absolute atomic E-state index is 0.184. The van der Waals surface area contributed by atoms with Crippen molar-refractivity contribution in [2.24, 2.45) is 0 Å². The average Bonchev–Trinajstić information content (AvgIpc) is 2.89. The van der Waals surface area contributed by atoms with Crippen molar-refractivity contribution in [1.82, 2.24) is 10.2 Å². The van der Waals surface area contributed by atoms with Crippen molar-refractivity contribution in [2.75, 3.05) is 0 Å². The van der Waals surface area contributed by atoms with E-state index < -0.39 is 0 Å². The van der Waals surface area contributed by atoms with E-state index in [2.05, 4.69) is 16.4 Å². The SMILES string of the molecule is [c]1cc2c(nn1)-c1ccccc1OC21CCCC1. The number of hydrogen-bond donors (Lipinski definition) is 0. The van der Waals surface area contributed by atoms with E-state index in [1.54, 1.807) is 0 Å². The Morgan fingerprint density at radius 2 is 2.00 bits per heavy atom. The fourth-order valence-corrected chi connectivity index (χ4v) is 3.18. The molecule has 2 aromatic rings. The van der Waals surface area contributed by atoms with Crippen molar-refractivity contribution in [3.05, 3.63) is 42.1 Å². The standard InChI is InChI=1S/C15H13N2O/c1-2-6-13-11(5-1)14-12(7-10-16-17-14)15(18-13)8-3-4-9-15/h1-2,5-7H,3-4,8-9H2. The second kappa shape index (κ2) is 3.55. The van der Waals surface area contributed by atoms with Gasteiger partial charge in [-0.15, -0.1) is 10.2 Å². The maximum atomic E-state index is 6.32. The summed E-state index contributed by atoms with van der Waals surface area (Å²) in [5, 5.41) is 8.21. The quantitative estimate of drug-likeness (QED) is 0.706. The lowest BCUT2D eigenvalue weighted by atomic mass is 9.86. The summed E-state index contributed by atoms with van der Waals surface area (Å²) in [4.78, 5) is 0. The Balaban J connectivity index is 2.00. The van der Waals surface area contributed by atoms with Crippen LogP contribution >= 0.6 is 0 Å². The van der Waals surface area contributed by atoms with Crippen molar-refractivity contribution in [2.45, 2.75) is 31.3 Å². The summed E-state index contributed by atoms with van der Waals surface area (Å²) in [6.45, 7) is 0. The van der Waals surface area contributed by atoms with Crippen LogP contribution in [0.1, 0.15) is 31.2 Å². The van der Waals surface area contributed by atoms with Gasteiger partial charge in [0.2, 0.25) is 0 Å². The van der Waals surface area contributed by atoms with Crippen molar-refractivity contribution < 1.29 is 4.74 Å². The molecular formula is C15H13N2O. The van der Waals surface area contributed by atoms with Gasteiger partial charge in [0.15, 0.2) is 0 Å². The molecule has 2 aliphatic rings. The minimum Gasteiger partial charge on any atom is -0.482 e. The molecule has 18 heavy (non-hydrogen) atoms. The highest BCUT2D eigenvalue weighted by molar-refractivity contribution is 5.72. The summed E-state index contributed by atoms with van der Waals surface area (Å²) >= 11 is 0. The van der Waals surface area contributed by atoms with Crippen LogP contribution in [0.3, 0.4) is 0 Å². The first-order valence-electron chi connectivity index (χ1n) is 6.42. The number of aromatic nitrogens is 2. The summed E-state index contributed by atoms with van der Waals surface area (Å²) in [5.74, 6) is 0.937. The minimum atomic E-state index is -0.184. The van der Waals surface area contributed by atoms with Crippen LogP contribution in [0.5, 0.6) is 5.75 Å². The molecule has 4 rings (SSSR count). The van der Waals surface area contributed by atoms with E-state index in [1.165, 1.54) is 12.8 Å². The Labute approximate surface area is 106 Å². The van der Waals surface area contributed by atoms with Crippen molar-refractivity contribution in [1.29, 1.82) is 0 Å². The monoisotopic (exact) mass is 237 g/mol. The third-order valence-corrected chi connectivity index (χ3v) is 4.02. The van der Waals surface area contributed by atoms with Crippen LogP contribution in [-0.4, -0.2) is 10.2 Å². The molecule has 3 nitrogen and oxygen atoms in total. The summed E-state index contributed by atoms with van der Waals surface area (Å²) < 4.78 is 6.32. The molecule has 0 unspecified atom stereocenters. The van der Waals surface area contributed by atoms with Gasteiger partial charge in [0.25, 0.3) is 0 Å². The third-order valence-electron chi connectivity index (χ3n) is 4.02. The third kappa shape index (κ3) is 1.24.